The highest BCUT2D eigenvalue weighted by atomic mass is 16.5. The van der Waals surface area contributed by atoms with Gasteiger partial charge in [0.1, 0.15) is 23.4 Å². The largest absolute Gasteiger partial charge is 0.489 e. The third-order valence-corrected chi connectivity index (χ3v) is 5.51. The summed E-state index contributed by atoms with van der Waals surface area (Å²) in [5, 5.41) is 15.1. The third kappa shape index (κ3) is 3.27. The lowest BCUT2D eigenvalue weighted by atomic mass is 9.85. The average molecular weight is 411 g/mol. The molecule has 1 aliphatic rings. The molecule has 0 saturated carbocycles. The predicted molar refractivity (Wildman–Crippen MR) is 112 cm³/mol. The van der Waals surface area contributed by atoms with Gasteiger partial charge in [0.2, 0.25) is 0 Å². The summed E-state index contributed by atoms with van der Waals surface area (Å²) in [6.45, 7) is 7.70. The number of benzene rings is 1. The average Bonchev–Trinajstić information content (AvgIpc) is 3.06. The number of aromatic nitrogens is 3. The zero-order valence-corrected chi connectivity index (χ0v) is 17.5. The Morgan fingerprint density at radius 2 is 2.07 bits per heavy atom. The van der Waals surface area contributed by atoms with Crippen LogP contribution in [-0.4, -0.2) is 45.7 Å². The van der Waals surface area contributed by atoms with Gasteiger partial charge in [-0.15, -0.1) is 0 Å². The summed E-state index contributed by atoms with van der Waals surface area (Å²) >= 11 is 0. The van der Waals surface area contributed by atoms with E-state index in [1.165, 1.54) is 12.3 Å². The molecule has 8 nitrogen and oxygen atoms in total. The molecule has 1 atom stereocenters. The second kappa shape index (κ2) is 7.28. The van der Waals surface area contributed by atoms with Crippen molar-refractivity contribution in [1.82, 2.24) is 14.3 Å². The Morgan fingerprint density at radius 3 is 2.73 bits per heavy atom. The van der Waals surface area contributed by atoms with E-state index < -0.39 is 11.4 Å². The summed E-state index contributed by atoms with van der Waals surface area (Å²) in [6, 6.07) is 7.02. The molecule has 0 spiro atoms. The van der Waals surface area contributed by atoms with Crippen molar-refractivity contribution < 1.29 is 19.4 Å². The predicted octanol–water partition coefficient (Wildman–Crippen LogP) is 3.19. The van der Waals surface area contributed by atoms with Gasteiger partial charge in [-0.1, -0.05) is 32.9 Å². The summed E-state index contributed by atoms with van der Waals surface area (Å²) in [5.41, 5.74) is 1.22. The van der Waals surface area contributed by atoms with Gasteiger partial charge in [0.05, 0.1) is 30.6 Å². The van der Waals surface area contributed by atoms with Gasteiger partial charge in [-0.25, -0.2) is 4.79 Å². The fraction of sp³-hybridized carbons (Fsp3) is 0.409. The topological polar surface area (TPSA) is 95.6 Å². The quantitative estimate of drug-likeness (QED) is 0.648. The van der Waals surface area contributed by atoms with Crippen LogP contribution in [-0.2, 0) is 11.3 Å². The van der Waals surface area contributed by atoms with Crippen LogP contribution in [0.15, 0.2) is 35.3 Å². The third-order valence-electron chi connectivity index (χ3n) is 5.51. The van der Waals surface area contributed by atoms with E-state index in [4.69, 9.17) is 14.6 Å². The zero-order chi connectivity index (χ0) is 21.6. The van der Waals surface area contributed by atoms with E-state index in [1.807, 2.05) is 27.4 Å². The first-order chi connectivity index (χ1) is 14.2. The highest BCUT2D eigenvalue weighted by Gasteiger charge is 2.35. The molecule has 2 aromatic heterocycles. The van der Waals surface area contributed by atoms with Crippen LogP contribution in [0.25, 0.3) is 22.3 Å². The monoisotopic (exact) mass is 411 g/mol. The minimum atomic E-state index is -1.22. The van der Waals surface area contributed by atoms with Gasteiger partial charge in [-0.05, 0) is 11.5 Å². The fourth-order valence-electron chi connectivity index (χ4n) is 3.98. The maximum Gasteiger partial charge on any atom is 0.341 e. The smallest absolute Gasteiger partial charge is 0.341 e. The molecular weight excluding hydrogens is 386 g/mol. The molecular formula is C22H25N3O5. The first-order valence-electron chi connectivity index (χ1n) is 9.83. The number of carboxylic acid groups (broad SMARTS) is 1. The number of nitrogens with zero attached hydrogens (tertiary/aromatic N) is 3. The van der Waals surface area contributed by atoms with Crippen molar-refractivity contribution in [3.05, 3.63) is 46.2 Å². The van der Waals surface area contributed by atoms with Crippen LogP contribution in [0.2, 0.25) is 0 Å². The highest BCUT2D eigenvalue weighted by Crippen LogP contribution is 2.42. The Labute approximate surface area is 173 Å². The number of hydrogen-bond acceptors (Lipinski definition) is 5. The molecule has 0 radical (unpaired) electrons. The summed E-state index contributed by atoms with van der Waals surface area (Å²) in [4.78, 5) is 24.1. The number of aromatic carboxylic acids is 1. The van der Waals surface area contributed by atoms with Crippen molar-refractivity contribution in [1.29, 1.82) is 0 Å². The lowest BCUT2D eigenvalue weighted by Gasteiger charge is -2.38. The SMILES string of the molecule is COCCOc1cccc2c3n(nc12)C[C@H](C(C)(C)C)n1cc(C(=O)O)c(=O)cc1-3. The Hall–Kier alpha value is -3.13. The molecule has 158 valence electrons. The number of hydrogen-bond donors (Lipinski definition) is 1. The standard InChI is InChI=1S/C22H25N3O5/c1-22(2,3)18-12-25-20(15-10-16(26)14(21(27)28)11-24(15)18)13-6-5-7-17(19(13)23-25)30-9-8-29-4/h5-7,10-11,18H,8-9,12H2,1-4H3,(H,27,28)/t18-/m1/s1. The normalized spacial score (nSPS) is 15.7. The van der Waals surface area contributed by atoms with E-state index >= 15 is 0 Å². The number of fused-ring (bicyclic) bond motifs is 5. The molecule has 3 aromatic rings. The Kier molecular flexibility index (Phi) is 4.89. The number of carbonyl (C=O) groups is 1. The van der Waals surface area contributed by atoms with Gasteiger partial charge < -0.3 is 19.1 Å². The van der Waals surface area contributed by atoms with Gasteiger partial charge in [-0.3, -0.25) is 9.48 Å². The van der Waals surface area contributed by atoms with Crippen molar-refractivity contribution >= 4 is 16.9 Å². The van der Waals surface area contributed by atoms with Gasteiger partial charge in [-0.2, -0.15) is 5.10 Å². The molecule has 0 unspecified atom stereocenters. The first kappa shape index (κ1) is 20.2. The van der Waals surface area contributed by atoms with E-state index in [1.54, 1.807) is 7.11 Å². The van der Waals surface area contributed by atoms with Crippen molar-refractivity contribution in [3.63, 3.8) is 0 Å². The van der Waals surface area contributed by atoms with Crippen LogP contribution in [0.5, 0.6) is 5.75 Å². The van der Waals surface area contributed by atoms with Crippen molar-refractivity contribution in [2.24, 2.45) is 5.41 Å². The molecule has 0 bridgehead atoms. The van der Waals surface area contributed by atoms with Gasteiger partial charge in [0, 0.05) is 24.8 Å². The van der Waals surface area contributed by atoms with Crippen LogP contribution in [0.1, 0.15) is 37.2 Å². The molecule has 4 rings (SSSR count). The van der Waals surface area contributed by atoms with E-state index in [9.17, 15) is 14.7 Å². The number of pyridine rings is 1. The lowest BCUT2D eigenvalue weighted by molar-refractivity contribution is 0.0693. The van der Waals surface area contributed by atoms with Crippen molar-refractivity contribution in [2.75, 3.05) is 20.3 Å². The Bertz CT molecular complexity index is 1190. The summed E-state index contributed by atoms with van der Waals surface area (Å²) in [7, 11) is 1.62. The van der Waals surface area contributed by atoms with Gasteiger partial charge in [0.15, 0.2) is 5.43 Å². The molecule has 1 N–H and O–H groups in total. The maximum absolute atomic E-state index is 12.5. The maximum atomic E-state index is 12.5. The summed E-state index contributed by atoms with van der Waals surface area (Å²) < 4.78 is 14.7. The number of ether oxygens (including phenoxy) is 2. The van der Waals surface area contributed by atoms with Crippen LogP contribution in [0.4, 0.5) is 0 Å². The van der Waals surface area contributed by atoms with E-state index in [-0.39, 0.29) is 17.0 Å². The van der Waals surface area contributed by atoms with E-state index in [0.717, 1.165) is 11.1 Å². The van der Waals surface area contributed by atoms with Crippen LogP contribution in [0.3, 0.4) is 0 Å². The lowest BCUT2D eigenvalue weighted by Crippen LogP contribution is -2.35. The van der Waals surface area contributed by atoms with Crippen LogP contribution in [0, 0.1) is 5.41 Å². The highest BCUT2D eigenvalue weighted by molar-refractivity contribution is 5.96. The minimum absolute atomic E-state index is 0.0779. The van der Waals surface area contributed by atoms with E-state index in [0.29, 0.717) is 36.7 Å². The Balaban J connectivity index is 1.96. The van der Waals surface area contributed by atoms with E-state index in [2.05, 4.69) is 20.8 Å². The van der Waals surface area contributed by atoms with Crippen molar-refractivity contribution in [2.45, 2.75) is 33.4 Å². The molecule has 0 saturated heterocycles. The molecule has 0 amide bonds. The Morgan fingerprint density at radius 1 is 1.30 bits per heavy atom. The molecule has 1 aliphatic heterocycles. The molecule has 30 heavy (non-hydrogen) atoms. The van der Waals surface area contributed by atoms with Crippen LogP contribution >= 0.6 is 0 Å². The van der Waals surface area contributed by atoms with Crippen LogP contribution < -0.4 is 10.2 Å². The summed E-state index contributed by atoms with van der Waals surface area (Å²) in [5.74, 6) is -0.574. The fourth-order valence-corrected chi connectivity index (χ4v) is 3.98. The number of rotatable bonds is 5. The molecule has 0 fully saturated rings. The molecule has 8 heteroatoms. The van der Waals surface area contributed by atoms with Gasteiger partial charge in [0.25, 0.3) is 0 Å². The van der Waals surface area contributed by atoms with Gasteiger partial charge >= 0.3 is 5.97 Å². The minimum Gasteiger partial charge on any atom is -0.489 e. The summed E-state index contributed by atoms with van der Waals surface area (Å²) in [6.07, 6.45) is 1.47. The second-order valence-electron chi connectivity index (χ2n) is 8.56. The second-order valence-corrected chi connectivity index (χ2v) is 8.56. The van der Waals surface area contributed by atoms with Crippen molar-refractivity contribution in [3.8, 4) is 17.1 Å². The number of carboxylic acids is 1. The molecule has 1 aromatic carbocycles. The molecule has 0 aliphatic carbocycles. The molecule has 3 heterocycles. The zero-order valence-electron chi connectivity index (χ0n) is 17.5. The first-order valence-corrected chi connectivity index (χ1v) is 9.83. The number of methoxy groups -OCH3 is 1.